The fraction of sp³-hybridized carbons (Fsp3) is 0.630. The largest absolute Gasteiger partial charge is 0.469 e. The number of methoxy groups -OCH3 is 1. The van der Waals surface area contributed by atoms with Gasteiger partial charge in [-0.25, -0.2) is 0 Å². The van der Waals surface area contributed by atoms with E-state index >= 15 is 0 Å². The minimum Gasteiger partial charge on any atom is -0.469 e. The molecular formula is C27H42N4O5. The zero-order valence-corrected chi connectivity index (χ0v) is 21.5. The average molecular weight is 503 g/mol. The van der Waals surface area contributed by atoms with Crippen LogP contribution in [0.1, 0.15) is 69.8 Å². The Kier molecular flexibility index (Phi) is 13.6. The normalized spacial score (nSPS) is 16.4. The molecule has 9 nitrogen and oxygen atoms in total. The zero-order chi connectivity index (χ0) is 26.2. The van der Waals surface area contributed by atoms with Gasteiger partial charge in [0.2, 0.25) is 17.7 Å². The fourth-order valence-corrected chi connectivity index (χ4v) is 4.47. The monoisotopic (exact) mass is 502 g/mol. The molecule has 0 aliphatic carbocycles. The Hall–Kier alpha value is -2.94. The van der Waals surface area contributed by atoms with Gasteiger partial charge in [0.25, 0.3) is 0 Å². The van der Waals surface area contributed by atoms with Crippen LogP contribution in [0.5, 0.6) is 0 Å². The molecule has 0 spiro atoms. The maximum absolute atomic E-state index is 13.4. The Morgan fingerprint density at radius 1 is 1.08 bits per heavy atom. The van der Waals surface area contributed by atoms with Crippen LogP contribution in [0.25, 0.3) is 0 Å². The second kappa shape index (κ2) is 16.7. The lowest BCUT2D eigenvalue weighted by molar-refractivity contribution is -0.147. The highest BCUT2D eigenvalue weighted by atomic mass is 16.5. The van der Waals surface area contributed by atoms with Gasteiger partial charge in [-0.3, -0.25) is 19.2 Å². The molecule has 1 aliphatic rings. The number of amides is 3. The van der Waals surface area contributed by atoms with Crippen LogP contribution >= 0.6 is 0 Å². The van der Waals surface area contributed by atoms with Crippen molar-refractivity contribution < 1.29 is 23.9 Å². The van der Waals surface area contributed by atoms with Gasteiger partial charge >= 0.3 is 5.97 Å². The number of rotatable bonds is 17. The lowest BCUT2D eigenvalue weighted by Gasteiger charge is -2.38. The van der Waals surface area contributed by atoms with Crippen molar-refractivity contribution in [2.75, 3.05) is 26.7 Å². The molecule has 0 bridgehead atoms. The van der Waals surface area contributed by atoms with Gasteiger partial charge in [-0.1, -0.05) is 62.4 Å². The van der Waals surface area contributed by atoms with Crippen LogP contribution in [0, 0.1) is 0 Å². The fourth-order valence-electron chi connectivity index (χ4n) is 4.47. The molecule has 2 atom stereocenters. The highest BCUT2D eigenvalue weighted by molar-refractivity contribution is 5.95. The summed E-state index contributed by atoms with van der Waals surface area (Å²) in [7, 11) is 1.40. The SMILES string of the molecule is COC(=O)CCCCCCCC[C@H](CC(=O)NCCCN)N1CC(=O)N[C@@H](Cc2ccccc2)C1=O. The van der Waals surface area contributed by atoms with Crippen LogP contribution in [0.3, 0.4) is 0 Å². The van der Waals surface area contributed by atoms with Crippen LogP contribution in [0.2, 0.25) is 0 Å². The van der Waals surface area contributed by atoms with E-state index in [1.807, 2.05) is 30.3 Å². The van der Waals surface area contributed by atoms with E-state index in [0.717, 1.165) is 44.1 Å². The van der Waals surface area contributed by atoms with Crippen LogP contribution < -0.4 is 16.4 Å². The molecule has 9 heteroatoms. The number of carbonyl (C=O) groups excluding carboxylic acids is 4. The lowest BCUT2D eigenvalue weighted by Crippen LogP contribution is -2.61. The van der Waals surface area contributed by atoms with E-state index in [0.29, 0.717) is 38.8 Å². The minimum absolute atomic E-state index is 0.0294. The van der Waals surface area contributed by atoms with E-state index in [-0.39, 0.29) is 42.7 Å². The summed E-state index contributed by atoms with van der Waals surface area (Å²) in [5, 5.41) is 5.70. The highest BCUT2D eigenvalue weighted by Crippen LogP contribution is 2.20. The Morgan fingerprint density at radius 3 is 2.47 bits per heavy atom. The molecule has 0 aromatic heterocycles. The van der Waals surface area contributed by atoms with Crippen molar-refractivity contribution in [2.24, 2.45) is 5.73 Å². The molecule has 1 aromatic carbocycles. The number of ether oxygens (including phenoxy) is 1. The summed E-state index contributed by atoms with van der Waals surface area (Å²) in [4.78, 5) is 51.3. The molecule has 1 aliphatic heterocycles. The number of piperazine rings is 1. The van der Waals surface area contributed by atoms with Gasteiger partial charge in [-0.15, -0.1) is 0 Å². The predicted molar refractivity (Wildman–Crippen MR) is 138 cm³/mol. The predicted octanol–water partition coefficient (Wildman–Crippen LogP) is 2.07. The Balaban J connectivity index is 1.93. The van der Waals surface area contributed by atoms with Gasteiger partial charge in [0.05, 0.1) is 13.7 Å². The third-order valence-corrected chi connectivity index (χ3v) is 6.47. The number of nitrogens with one attached hydrogen (secondary N) is 2. The number of nitrogens with two attached hydrogens (primary N) is 1. The standard InChI is InChI=1S/C27H42N4O5/c1-36-26(34)15-10-5-3-2-4-9-14-22(19-24(32)29-17-11-16-28)31-20-25(33)30-23(27(31)35)18-21-12-7-6-8-13-21/h6-8,12-13,22-23H,2-5,9-11,14-20,28H2,1H3,(H,29,32)(H,30,33)/t22-,23+/m1/s1. The van der Waals surface area contributed by atoms with Gasteiger partial charge in [0.15, 0.2) is 0 Å². The first-order chi connectivity index (χ1) is 17.4. The average Bonchev–Trinajstić information content (AvgIpc) is 2.87. The molecular weight excluding hydrogens is 460 g/mol. The van der Waals surface area contributed by atoms with Gasteiger partial charge in [-0.05, 0) is 31.4 Å². The Bertz CT molecular complexity index is 833. The van der Waals surface area contributed by atoms with Crippen LogP contribution in [0.4, 0.5) is 0 Å². The van der Waals surface area contributed by atoms with E-state index in [1.54, 1.807) is 4.90 Å². The molecule has 200 valence electrons. The van der Waals surface area contributed by atoms with Gasteiger partial charge in [0.1, 0.15) is 6.04 Å². The first-order valence-electron chi connectivity index (χ1n) is 13.1. The second-order valence-corrected chi connectivity index (χ2v) is 9.36. The van der Waals surface area contributed by atoms with Gasteiger partial charge in [0, 0.05) is 31.8 Å². The van der Waals surface area contributed by atoms with E-state index in [9.17, 15) is 19.2 Å². The molecule has 4 N–H and O–H groups in total. The first-order valence-corrected chi connectivity index (χ1v) is 13.1. The third-order valence-electron chi connectivity index (χ3n) is 6.47. The van der Waals surface area contributed by atoms with Crippen molar-refractivity contribution in [3.05, 3.63) is 35.9 Å². The van der Waals surface area contributed by atoms with Crippen LogP contribution in [-0.2, 0) is 30.3 Å². The maximum atomic E-state index is 13.4. The molecule has 3 amide bonds. The maximum Gasteiger partial charge on any atom is 0.305 e. The summed E-state index contributed by atoms with van der Waals surface area (Å²) in [6.45, 7) is 0.965. The molecule has 2 rings (SSSR count). The Labute approximate surface area is 214 Å². The molecule has 1 aromatic rings. The second-order valence-electron chi connectivity index (χ2n) is 9.36. The minimum atomic E-state index is -0.633. The van der Waals surface area contributed by atoms with Crippen molar-refractivity contribution in [3.8, 4) is 0 Å². The molecule has 1 heterocycles. The van der Waals surface area contributed by atoms with Gasteiger partial charge in [-0.2, -0.15) is 0 Å². The molecule has 1 saturated heterocycles. The lowest BCUT2D eigenvalue weighted by atomic mass is 9.97. The molecule has 1 fully saturated rings. The number of hydrogen-bond donors (Lipinski definition) is 3. The number of nitrogens with zero attached hydrogens (tertiary/aromatic N) is 1. The summed E-state index contributed by atoms with van der Waals surface area (Å²) >= 11 is 0. The molecule has 36 heavy (non-hydrogen) atoms. The molecule has 0 saturated carbocycles. The zero-order valence-electron chi connectivity index (χ0n) is 21.5. The van der Waals surface area contributed by atoms with Crippen molar-refractivity contribution in [3.63, 3.8) is 0 Å². The quantitative estimate of drug-likeness (QED) is 0.221. The first kappa shape index (κ1) is 29.3. The summed E-state index contributed by atoms with van der Waals surface area (Å²) in [6, 6.07) is 8.64. The van der Waals surface area contributed by atoms with E-state index in [2.05, 4.69) is 15.4 Å². The van der Waals surface area contributed by atoms with E-state index in [4.69, 9.17) is 5.73 Å². The summed E-state index contributed by atoms with van der Waals surface area (Å²) in [6.07, 6.45) is 8.02. The third kappa shape index (κ3) is 10.8. The Morgan fingerprint density at radius 2 is 1.78 bits per heavy atom. The summed E-state index contributed by atoms with van der Waals surface area (Å²) < 4.78 is 4.66. The molecule has 0 unspecified atom stereocenters. The summed E-state index contributed by atoms with van der Waals surface area (Å²) in [5.41, 5.74) is 6.49. The van der Waals surface area contributed by atoms with Crippen LogP contribution in [0.15, 0.2) is 30.3 Å². The topological polar surface area (TPSA) is 131 Å². The highest BCUT2D eigenvalue weighted by Gasteiger charge is 2.37. The van der Waals surface area contributed by atoms with Crippen LogP contribution in [-0.4, -0.2) is 67.4 Å². The van der Waals surface area contributed by atoms with E-state index < -0.39 is 6.04 Å². The smallest absolute Gasteiger partial charge is 0.305 e. The number of hydrogen-bond acceptors (Lipinski definition) is 6. The number of carbonyl (C=O) groups is 4. The number of esters is 1. The van der Waals surface area contributed by atoms with Gasteiger partial charge < -0.3 is 26.0 Å². The van der Waals surface area contributed by atoms with Crippen molar-refractivity contribution >= 4 is 23.7 Å². The number of unbranched alkanes of at least 4 members (excludes halogenated alkanes) is 5. The molecule has 0 radical (unpaired) electrons. The van der Waals surface area contributed by atoms with E-state index in [1.165, 1.54) is 7.11 Å². The van der Waals surface area contributed by atoms with Crippen molar-refractivity contribution in [1.82, 2.24) is 15.5 Å². The van der Waals surface area contributed by atoms with Crippen molar-refractivity contribution in [1.29, 1.82) is 0 Å². The number of benzene rings is 1. The summed E-state index contributed by atoms with van der Waals surface area (Å²) in [5.74, 6) is -0.645. The van der Waals surface area contributed by atoms with Crippen molar-refractivity contribution in [2.45, 2.75) is 82.7 Å².